The number of ether oxygens (including phenoxy) is 1. The molecule has 0 saturated carbocycles. The van der Waals surface area contributed by atoms with E-state index in [1.165, 1.54) is 0 Å². The van der Waals surface area contributed by atoms with E-state index in [2.05, 4.69) is 28.1 Å². The molecule has 0 bridgehead atoms. The first-order chi connectivity index (χ1) is 15.5. The van der Waals surface area contributed by atoms with Crippen LogP contribution in [0.2, 0.25) is 0 Å². The van der Waals surface area contributed by atoms with Gasteiger partial charge in [0.25, 0.3) is 5.56 Å². The Balaban J connectivity index is 1.82. The number of aliphatic hydroxyl groups excluding tert-OH is 1. The summed E-state index contributed by atoms with van der Waals surface area (Å²) in [5.41, 5.74) is 1.93. The van der Waals surface area contributed by atoms with Crippen LogP contribution in [0.15, 0.2) is 11.1 Å². The number of anilines is 1. The summed E-state index contributed by atoms with van der Waals surface area (Å²) in [6.07, 6.45) is -4.30. The predicted molar refractivity (Wildman–Crippen MR) is 103 cm³/mol. The van der Waals surface area contributed by atoms with Crippen molar-refractivity contribution in [2.24, 2.45) is 0 Å². The highest BCUT2D eigenvalue weighted by Crippen LogP contribution is 2.66. The molecule has 2 aromatic rings. The van der Waals surface area contributed by atoms with Crippen LogP contribution in [0.4, 0.5) is 5.95 Å². The molecule has 19 nitrogen and oxygen atoms in total. The van der Waals surface area contributed by atoms with E-state index in [4.69, 9.17) is 26.5 Å². The molecule has 33 heavy (non-hydrogen) atoms. The number of nitrogens with one attached hydrogen (secondary N) is 1. The van der Waals surface area contributed by atoms with E-state index < -0.39 is 66.6 Å². The standard InChI is InChI=1S/C11H18N5O14P3/c1-11(19)6(17)4(2-27-32(23,24)30-33(25,26)29-31(20,21)22)28-9(11)16-3-13-5-7(16)14-10(12)15-8(5)18/h3-4,6,9,17,19H,2H2,1H3,(H,23,24)(H,25,26)(H2,20,21,22)(H3,12,14,15,18)/t4-,6-,9-,11-/m1/s1/i1D. The number of imidazole rings is 1. The lowest BCUT2D eigenvalue weighted by molar-refractivity contribution is -0.0949. The summed E-state index contributed by atoms with van der Waals surface area (Å²) in [6, 6.07) is 0. The van der Waals surface area contributed by atoms with E-state index in [1.807, 2.05) is 0 Å². The van der Waals surface area contributed by atoms with Gasteiger partial charge in [-0.05, 0) is 6.90 Å². The number of nitrogens with two attached hydrogens (primary N) is 1. The Labute approximate surface area is 183 Å². The second kappa shape index (κ2) is 8.58. The fraction of sp³-hybridized carbons (Fsp3) is 0.545. The minimum Gasteiger partial charge on any atom is -0.387 e. The number of aliphatic hydroxyl groups is 2. The normalized spacial score (nSPS) is 30.1. The van der Waals surface area contributed by atoms with E-state index in [0.717, 1.165) is 10.9 Å². The van der Waals surface area contributed by atoms with Gasteiger partial charge >= 0.3 is 23.5 Å². The van der Waals surface area contributed by atoms with Gasteiger partial charge in [0.1, 0.15) is 17.8 Å². The molecule has 1 aliphatic heterocycles. The van der Waals surface area contributed by atoms with Crippen LogP contribution in [0.25, 0.3) is 11.2 Å². The Hall–Kier alpha value is -1.56. The van der Waals surface area contributed by atoms with Gasteiger partial charge in [-0.15, -0.1) is 0 Å². The first-order valence-corrected chi connectivity index (χ1v) is 12.9. The summed E-state index contributed by atoms with van der Waals surface area (Å²) >= 11 is 0. The van der Waals surface area contributed by atoms with E-state index in [1.54, 1.807) is 0 Å². The molecule has 3 heterocycles. The van der Waals surface area contributed by atoms with Crippen molar-refractivity contribution in [1.82, 2.24) is 19.5 Å². The lowest BCUT2D eigenvalue weighted by Crippen LogP contribution is -2.44. The second-order valence-electron chi connectivity index (χ2n) is 6.62. The number of H-pyrrole nitrogens is 1. The highest BCUT2D eigenvalue weighted by Gasteiger charge is 2.54. The number of nitrogen functional groups attached to an aromatic ring is 1. The molecule has 186 valence electrons. The maximum absolute atomic E-state index is 12.0. The fourth-order valence-corrected chi connectivity index (χ4v) is 5.88. The lowest BCUT2D eigenvalue weighted by Gasteiger charge is -2.27. The van der Waals surface area contributed by atoms with E-state index in [0.29, 0.717) is 0 Å². The molecule has 6 atom stereocenters. The Morgan fingerprint density at radius 1 is 1.30 bits per heavy atom. The number of nitrogens with zero attached hydrogens (tertiary/aromatic N) is 3. The Morgan fingerprint density at radius 3 is 2.58 bits per heavy atom. The van der Waals surface area contributed by atoms with Crippen LogP contribution in [-0.2, 0) is 31.6 Å². The highest BCUT2D eigenvalue weighted by molar-refractivity contribution is 7.66. The van der Waals surface area contributed by atoms with Gasteiger partial charge < -0.3 is 40.3 Å². The average Bonchev–Trinajstić information content (AvgIpc) is 3.17. The van der Waals surface area contributed by atoms with Crippen LogP contribution in [0.3, 0.4) is 0 Å². The third-order valence-corrected chi connectivity index (χ3v) is 7.92. The van der Waals surface area contributed by atoms with Crippen molar-refractivity contribution in [3.05, 3.63) is 16.7 Å². The number of hydrogen-bond acceptors (Lipinski definition) is 13. The van der Waals surface area contributed by atoms with Crippen molar-refractivity contribution in [2.45, 2.75) is 30.9 Å². The van der Waals surface area contributed by atoms with Crippen LogP contribution in [0, 0.1) is 0 Å². The summed E-state index contributed by atoms with van der Waals surface area (Å²) < 4.78 is 59.5. The molecule has 0 radical (unpaired) electrons. The molecule has 0 aliphatic carbocycles. The van der Waals surface area contributed by atoms with Gasteiger partial charge in [-0.25, -0.2) is 18.7 Å². The van der Waals surface area contributed by atoms with Gasteiger partial charge in [0.15, 0.2) is 17.4 Å². The van der Waals surface area contributed by atoms with Crippen LogP contribution >= 0.6 is 23.5 Å². The number of rotatable bonds is 8. The first kappa shape index (κ1) is 24.6. The molecule has 1 aliphatic rings. The van der Waals surface area contributed by atoms with Gasteiger partial charge in [-0.1, -0.05) is 0 Å². The molecule has 0 aromatic carbocycles. The van der Waals surface area contributed by atoms with Crippen LogP contribution in [0.5, 0.6) is 0 Å². The fourth-order valence-electron chi connectivity index (χ4n) is 2.85. The smallest absolute Gasteiger partial charge is 0.387 e. The molecular weight excluding hydrogens is 519 g/mol. The van der Waals surface area contributed by atoms with Crippen LogP contribution < -0.4 is 11.3 Å². The Kier molecular flexibility index (Phi) is 6.39. The third kappa shape index (κ3) is 5.75. The summed E-state index contributed by atoms with van der Waals surface area (Å²) in [4.78, 5) is 57.6. The summed E-state index contributed by atoms with van der Waals surface area (Å²) in [6.45, 7) is -2.00. The van der Waals surface area contributed by atoms with Gasteiger partial charge in [-0.2, -0.15) is 13.6 Å². The molecule has 1 saturated heterocycles. The maximum atomic E-state index is 12.0. The molecule has 2 aromatic heterocycles. The largest absolute Gasteiger partial charge is 0.490 e. The minimum absolute atomic E-state index is 0.195. The van der Waals surface area contributed by atoms with Crippen LogP contribution in [-0.4, -0.2) is 73.7 Å². The third-order valence-electron chi connectivity index (χ3n) is 4.12. The first-order valence-electron chi connectivity index (χ1n) is 9.04. The summed E-state index contributed by atoms with van der Waals surface area (Å²) in [5, 5.41) is 21.3. The van der Waals surface area contributed by atoms with E-state index >= 15 is 0 Å². The van der Waals surface area contributed by atoms with E-state index in [9.17, 15) is 33.6 Å². The van der Waals surface area contributed by atoms with Crippen LogP contribution in [0.1, 0.15) is 14.5 Å². The van der Waals surface area contributed by atoms with Gasteiger partial charge in [0.2, 0.25) is 5.95 Å². The number of hydrogen-bond donors (Lipinski definition) is 8. The lowest BCUT2D eigenvalue weighted by atomic mass is 9.96. The zero-order valence-corrected chi connectivity index (χ0v) is 18.6. The van der Waals surface area contributed by atoms with Crippen molar-refractivity contribution >= 4 is 40.6 Å². The molecule has 0 amide bonds. The van der Waals surface area contributed by atoms with E-state index in [-0.39, 0.29) is 17.1 Å². The van der Waals surface area contributed by atoms with Crippen molar-refractivity contribution in [3.63, 3.8) is 0 Å². The Bertz CT molecular complexity index is 1280. The zero-order chi connectivity index (χ0) is 25.7. The minimum atomic E-state index is -5.78. The molecule has 22 heteroatoms. The number of phosphoric ester groups is 1. The molecular formula is C11H18N5O14P3. The summed E-state index contributed by atoms with van der Waals surface area (Å²) in [7, 11) is -16.9. The average molecular weight is 538 g/mol. The van der Waals surface area contributed by atoms with Crippen molar-refractivity contribution in [1.29, 1.82) is 0 Å². The molecule has 1 fully saturated rings. The Morgan fingerprint density at radius 2 is 1.97 bits per heavy atom. The predicted octanol–water partition coefficient (Wildman–Crippen LogP) is -1.95. The summed E-state index contributed by atoms with van der Waals surface area (Å²) in [5.74, 6) is -0.323. The second-order valence-corrected chi connectivity index (χ2v) is 11.0. The zero-order valence-electron chi connectivity index (χ0n) is 16.9. The number of fused-ring (bicyclic) bond motifs is 1. The molecule has 3 rings (SSSR count). The van der Waals surface area contributed by atoms with Crippen molar-refractivity contribution in [3.8, 4) is 0 Å². The topological polar surface area (TPSA) is 299 Å². The highest BCUT2D eigenvalue weighted by atomic mass is 31.3. The molecule has 2 unspecified atom stereocenters. The van der Waals surface area contributed by atoms with Crippen molar-refractivity contribution < 1.29 is 62.7 Å². The van der Waals surface area contributed by atoms with Gasteiger partial charge in [0.05, 0.1) is 12.9 Å². The number of aromatic nitrogens is 4. The SMILES string of the molecule is [2H]C[C@@]1(O)[C@H](O)[C@@H](COP(=O)(O)OP(=O)(O)OP(=O)(O)O)O[C@H]1n1cnc2c(=O)[nH]c(N)nc21. The molecule has 9 N–H and O–H groups in total. The maximum Gasteiger partial charge on any atom is 0.490 e. The monoisotopic (exact) mass is 538 g/mol. The molecule has 0 spiro atoms. The number of aromatic amines is 1. The number of phosphoric acid groups is 3. The van der Waals surface area contributed by atoms with Gasteiger partial charge in [-0.3, -0.25) is 18.9 Å². The van der Waals surface area contributed by atoms with Crippen molar-refractivity contribution in [2.75, 3.05) is 12.3 Å². The quantitative estimate of drug-likeness (QED) is 0.169. The van der Waals surface area contributed by atoms with Gasteiger partial charge in [0, 0.05) is 1.37 Å².